The maximum atomic E-state index is 12.7. The molecule has 1 aromatic carbocycles. The predicted octanol–water partition coefficient (Wildman–Crippen LogP) is 1.48. The molecule has 2 rings (SSSR count). The number of aromatic carboxylic acids is 1. The van der Waals surface area contributed by atoms with Gasteiger partial charge in [0.05, 0.1) is 43.7 Å². The van der Waals surface area contributed by atoms with Crippen molar-refractivity contribution in [2.24, 2.45) is 5.92 Å². The molecule has 3 N–H and O–H groups in total. The second kappa shape index (κ2) is 9.92. The predicted molar refractivity (Wildman–Crippen MR) is 105 cm³/mol. The maximum Gasteiger partial charge on any atom is 0.337 e. The van der Waals surface area contributed by atoms with Gasteiger partial charge in [-0.15, -0.1) is 0 Å². The molecule has 1 aliphatic rings. The van der Waals surface area contributed by atoms with Crippen LogP contribution < -0.4 is 10.1 Å². The van der Waals surface area contributed by atoms with Crippen molar-refractivity contribution in [3.8, 4) is 5.75 Å². The molecule has 0 fully saturated rings. The Bertz CT molecular complexity index is 817. The molecular formula is C20H26N2O7. The number of ether oxygens (including phenoxy) is 2. The highest BCUT2D eigenvalue weighted by Gasteiger charge is 2.35. The van der Waals surface area contributed by atoms with Crippen molar-refractivity contribution in [1.82, 2.24) is 4.90 Å². The van der Waals surface area contributed by atoms with Gasteiger partial charge in [0, 0.05) is 6.54 Å². The highest BCUT2D eigenvalue weighted by Crippen LogP contribution is 2.30. The van der Waals surface area contributed by atoms with Crippen molar-refractivity contribution in [3.05, 3.63) is 35.0 Å². The minimum Gasteiger partial charge on any atom is -0.491 e. The van der Waals surface area contributed by atoms with Gasteiger partial charge in [-0.05, 0) is 30.5 Å². The number of nitrogens with one attached hydrogen (secondary N) is 1. The summed E-state index contributed by atoms with van der Waals surface area (Å²) in [7, 11) is 1.21. The Balaban J connectivity index is 2.39. The number of carboxylic acids is 1. The van der Waals surface area contributed by atoms with Gasteiger partial charge in [-0.3, -0.25) is 4.79 Å². The number of nitrogens with zero attached hydrogens (tertiary/aromatic N) is 1. The van der Waals surface area contributed by atoms with Crippen molar-refractivity contribution in [2.75, 3.05) is 38.7 Å². The summed E-state index contributed by atoms with van der Waals surface area (Å²) in [6.07, 6.45) is 0.791. The molecule has 158 valence electrons. The lowest BCUT2D eigenvalue weighted by molar-refractivity contribution is -0.136. The lowest BCUT2D eigenvalue weighted by Gasteiger charge is -2.17. The van der Waals surface area contributed by atoms with E-state index >= 15 is 0 Å². The molecule has 0 saturated heterocycles. The summed E-state index contributed by atoms with van der Waals surface area (Å²) < 4.78 is 10.5. The number of carbonyl (C=O) groups excluding carboxylic acids is 2. The van der Waals surface area contributed by atoms with Crippen LogP contribution in [0, 0.1) is 5.92 Å². The van der Waals surface area contributed by atoms with E-state index in [0.29, 0.717) is 18.3 Å². The van der Waals surface area contributed by atoms with Crippen LogP contribution in [-0.4, -0.2) is 66.4 Å². The SMILES string of the molecule is COC(=O)C1=C(Nc2cc(C(=O)O)ccc2OCCC(C)C)C(=O)N(CCO)C1. The van der Waals surface area contributed by atoms with Gasteiger partial charge >= 0.3 is 11.9 Å². The highest BCUT2D eigenvalue weighted by molar-refractivity contribution is 6.08. The Morgan fingerprint density at radius 3 is 2.62 bits per heavy atom. The highest BCUT2D eigenvalue weighted by atomic mass is 16.5. The summed E-state index contributed by atoms with van der Waals surface area (Å²) >= 11 is 0. The second-order valence-corrected chi connectivity index (χ2v) is 6.97. The number of benzene rings is 1. The lowest BCUT2D eigenvalue weighted by Crippen LogP contribution is -2.31. The number of rotatable bonds is 10. The fourth-order valence-electron chi connectivity index (χ4n) is 2.77. The largest absolute Gasteiger partial charge is 0.491 e. The molecule has 9 heteroatoms. The van der Waals surface area contributed by atoms with Gasteiger partial charge in [0.25, 0.3) is 5.91 Å². The molecule has 1 aliphatic heterocycles. The van der Waals surface area contributed by atoms with Crippen LogP contribution in [0.5, 0.6) is 5.75 Å². The van der Waals surface area contributed by atoms with Crippen LogP contribution in [0.25, 0.3) is 0 Å². The zero-order valence-electron chi connectivity index (χ0n) is 16.7. The Morgan fingerprint density at radius 1 is 1.31 bits per heavy atom. The van der Waals surface area contributed by atoms with Crippen molar-refractivity contribution in [3.63, 3.8) is 0 Å². The van der Waals surface area contributed by atoms with Gasteiger partial charge in [0.15, 0.2) is 0 Å². The lowest BCUT2D eigenvalue weighted by atomic mass is 10.1. The molecule has 0 aliphatic carbocycles. The van der Waals surface area contributed by atoms with Crippen LogP contribution in [-0.2, 0) is 14.3 Å². The number of amides is 1. The number of hydrogen-bond donors (Lipinski definition) is 3. The monoisotopic (exact) mass is 406 g/mol. The second-order valence-electron chi connectivity index (χ2n) is 6.97. The first kappa shape index (κ1) is 22.2. The molecule has 29 heavy (non-hydrogen) atoms. The summed E-state index contributed by atoms with van der Waals surface area (Å²) in [5.41, 5.74) is 0.326. The number of hydrogen-bond acceptors (Lipinski definition) is 7. The van der Waals surface area contributed by atoms with Gasteiger partial charge in [-0.1, -0.05) is 13.8 Å². The van der Waals surface area contributed by atoms with E-state index in [1.54, 1.807) is 0 Å². The smallest absolute Gasteiger partial charge is 0.337 e. The topological polar surface area (TPSA) is 125 Å². The van der Waals surface area contributed by atoms with E-state index in [1.807, 2.05) is 0 Å². The van der Waals surface area contributed by atoms with Gasteiger partial charge < -0.3 is 29.9 Å². The number of aliphatic hydroxyl groups excluding tert-OH is 1. The van der Waals surface area contributed by atoms with Crippen LogP contribution in [0.15, 0.2) is 29.5 Å². The fraction of sp³-hybridized carbons (Fsp3) is 0.450. The molecule has 0 unspecified atom stereocenters. The third-order valence-electron chi connectivity index (χ3n) is 4.39. The van der Waals surface area contributed by atoms with Crippen LogP contribution in [0.1, 0.15) is 30.6 Å². The molecule has 0 bridgehead atoms. The number of carbonyl (C=O) groups is 3. The average Bonchev–Trinajstić information content (AvgIpc) is 2.98. The van der Waals surface area contributed by atoms with E-state index in [-0.39, 0.29) is 42.2 Å². The molecule has 0 atom stereocenters. The van der Waals surface area contributed by atoms with Crippen molar-refractivity contribution in [2.45, 2.75) is 20.3 Å². The van der Waals surface area contributed by atoms with Crippen LogP contribution in [0.2, 0.25) is 0 Å². The zero-order valence-corrected chi connectivity index (χ0v) is 16.7. The summed E-state index contributed by atoms with van der Waals surface area (Å²) in [4.78, 5) is 37.5. The Hall–Kier alpha value is -3.07. The number of aliphatic hydroxyl groups is 1. The molecule has 9 nitrogen and oxygen atoms in total. The third kappa shape index (κ3) is 5.47. The van der Waals surface area contributed by atoms with E-state index in [2.05, 4.69) is 19.2 Å². The zero-order chi connectivity index (χ0) is 21.6. The van der Waals surface area contributed by atoms with E-state index in [9.17, 15) is 19.5 Å². The molecular weight excluding hydrogens is 380 g/mol. The molecule has 1 amide bonds. The summed E-state index contributed by atoms with van der Waals surface area (Å²) in [5.74, 6) is -1.53. The number of methoxy groups -OCH3 is 1. The average molecular weight is 406 g/mol. The standard InChI is InChI=1S/C20H26N2O7/c1-12(2)6-9-29-16-5-4-13(19(25)26)10-15(16)21-17-14(20(27)28-3)11-22(7-8-23)18(17)24/h4-5,10,12,21,23H,6-9,11H2,1-3H3,(H,25,26). The molecule has 0 spiro atoms. The van der Waals surface area contributed by atoms with Crippen molar-refractivity contribution in [1.29, 1.82) is 0 Å². The quantitative estimate of drug-likeness (QED) is 0.499. The summed E-state index contributed by atoms with van der Waals surface area (Å²) in [6, 6.07) is 4.26. The Morgan fingerprint density at radius 2 is 2.03 bits per heavy atom. The van der Waals surface area contributed by atoms with Crippen molar-refractivity contribution < 1.29 is 34.1 Å². The van der Waals surface area contributed by atoms with Crippen molar-refractivity contribution >= 4 is 23.5 Å². The first-order valence-electron chi connectivity index (χ1n) is 9.27. The fourth-order valence-corrected chi connectivity index (χ4v) is 2.77. The number of anilines is 1. The molecule has 0 saturated carbocycles. The van der Waals surface area contributed by atoms with E-state index in [0.717, 1.165) is 6.42 Å². The number of carboxylic acid groups (broad SMARTS) is 1. The van der Waals surface area contributed by atoms with E-state index in [1.165, 1.54) is 30.2 Å². The summed E-state index contributed by atoms with van der Waals surface area (Å²) in [6.45, 7) is 4.29. The normalized spacial score (nSPS) is 13.8. The van der Waals surface area contributed by atoms with Crippen LogP contribution >= 0.6 is 0 Å². The molecule has 1 heterocycles. The minimum absolute atomic E-state index is 0.00147. The maximum absolute atomic E-state index is 12.7. The van der Waals surface area contributed by atoms with Gasteiger partial charge in [0.2, 0.25) is 0 Å². The van der Waals surface area contributed by atoms with Crippen LogP contribution in [0.3, 0.4) is 0 Å². The number of β-amino-alcohol motifs (C(OH)–C–C–N with tert-alkyl or cyclic N) is 1. The third-order valence-corrected chi connectivity index (χ3v) is 4.39. The van der Waals surface area contributed by atoms with E-state index < -0.39 is 17.8 Å². The minimum atomic E-state index is -1.14. The number of esters is 1. The summed E-state index contributed by atoms with van der Waals surface area (Å²) in [5, 5.41) is 21.3. The van der Waals surface area contributed by atoms with E-state index in [4.69, 9.17) is 14.6 Å². The first-order valence-corrected chi connectivity index (χ1v) is 9.27. The van der Waals surface area contributed by atoms with Gasteiger partial charge in [-0.2, -0.15) is 0 Å². The van der Waals surface area contributed by atoms with Gasteiger partial charge in [-0.25, -0.2) is 9.59 Å². The van der Waals surface area contributed by atoms with Gasteiger partial charge in [0.1, 0.15) is 11.4 Å². The first-order chi connectivity index (χ1) is 13.8. The Labute approximate surface area is 168 Å². The molecule has 0 aromatic heterocycles. The van der Waals surface area contributed by atoms with Crippen LogP contribution in [0.4, 0.5) is 5.69 Å². The Kier molecular flexibility index (Phi) is 7.60. The molecule has 0 radical (unpaired) electrons. The molecule has 1 aromatic rings.